The molecular formula is C32H52BNO4. The highest BCUT2D eigenvalue weighted by Gasteiger charge is 2.54. The minimum Gasteiger partial charge on any atom is -0.609 e. The fourth-order valence-corrected chi connectivity index (χ4v) is 4.35. The molecule has 0 atom stereocenters. The van der Waals surface area contributed by atoms with Crippen molar-refractivity contribution in [1.29, 1.82) is 0 Å². The number of quaternary nitrogens is 1. The average Bonchev–Trinajstić information content (AvgIpc) is 3.19. The van der Waals surface area contributed by atoms with E-state index in [1.165, 1.54) is 11.1 Å². The maximum absolute atomic E-state index is 6.45. The standard InChI is InChI=1S/C28H40BO4.C4H12N/c1-25(2,3)17-13-19(27(7,8)9)23-21(15-17)30-29(32-23)31-22-16-18(26(4,5)6)14-20(24(22)33-29)28(10,11)12;1-5(2,3)4/h13-16H,1-12H3;1-4H3/q-1;+1. The predicted octanol–water partition coefficient (Wildman–Crippen LogP) is 7.88. The highest BCUT2D eigenvalue weighted by Crippen LogP contribution is 2.53. The van der Waals surface area contributed by atoms with Crippen LogP contribution in [0.4, 0.5) is 0 Å². The Hall–Kier alpha value is -2.34. The second-order valence-electron chi connectivity index (χ2n) is 16.4. The van der Waals surface area contributed by atoms with E-state index in [2.05, 4.69) is 136 Å². The van der Waals surface area contributed by atoms with Gasteiger partial charge in [-0.15, -0.1) is 0 Å². The Kier molecular flexibility index (Phi) is 7.24. The van der Waals surface area contributed by atoms with E-state index >= 15 is 0 Å². The van der Waals surface area contributed by atoms with Crippen molar-refractivity contribution in [2.75, 3.05) is 28.2 Å². The van der Waals surface area contributed by atoms with E-state index in [0.29, 0.717) is 11.5 Å². The number of hydrogen-bond donors (Lipinski definition) is 0. The third-order valence-electron chi connectivity index (χ3n) is 6.52. The number of nitrogens with zero attached hydrogens (tertiary/aromatic N) is 1. The lowest BCUT2D eigenvalue weighted by Gasteiger charge is -2.30. The Morgan fingerprint density at radius 3 is 1.00 bits per heavy atom. The molecule has 0 amide bonds. The summed E-state index contributed by atoms with van der Waals surface area (Å²) in [5, 5.41) is 0. The van der Waals surface area contributed by atoms with Gasteiger partial charge in [0.05, 0.1) is 28.2 Å². The number of rotatable bonds is 0. The van der Waals surface area contributed by atoms with Crippen LogP contribution in [0.3, 0.4) is 0 Å². The largest absolute Gasteiger partial charge is 0.777 e. The molecule has 0 N–H and O–H groups in total. The van der Waals surface area contributed by atoms with Crippen LogP contribution in [-0.4, -0.2) is 39.6 Å². The predicted molar refractivity (Wildman–Crippen MR) is 160 cm³/mol. The fraction of sp³-hybridized carbons (Fsp3) is 0.625. The van der Waals surface area contributed by atoms with Gasteiger partial charge in [-0.1, -0.05) is 95.2 Å². The van der Waals surface area contributed by atoms with Gasteiger partial charge in [0.15, 0.2) is 0 Å². The van der Waals surface area contributed by atoms with E-state index in [0.717, 1.165) is 27.1 Å². The first-order valence-electron chi connectivity index (χ1n) is 13.9. The topological polar surface area (TPSA) is 36.9 Å². The Balaban J connectivity index is 0.000000732. The third kappa shape index (κ3) is 6.62. The van der Waals surface area contributed by atoms with E-state index in [1.54, 1.807) is 0 Å². The van der Waals surface area contributed by atoms with Crippen molar-refractivity contribution in [3.05, 3.63) is 46.5 Å². The summed E-state index contributed by atoms with van der Waals surface area (Å²) in [6, 6.07) is 8.61. The van der Waals surface area contributed by atoms with Crippen molar-refractivity contribution in [2.24, 2.45) is 0 Å². The van der Waals surface area contributed by atoms with E-state index in [9.17, 15) is 0 Å². The van der Waals surface area contributed by atoms with Crippen LogP contribution in [0.2, 0.25) is 0 Å². The van der Waals surface area contributed by atoms with Crippen molar-refractivity contribution in [3.8, 4) is 23.0 Å². The van der Waals surface area contributed by atoms with Crippen LogP contribution >= 0.6 is 0 Å². The molecule has 2 aliphatic heterocycles. The van der Waals surface area contributed by atoms with Crippen molar-refractivity contribution < 1.29 is 23.1 Å². The van der Waals surface area contributed by atoms with Crippen LogP contribution in [0.25, 0.3) is 0 Å². The summed E-state index contributed by atoms with van der Waals surface area (Å²) in [7, 11) is 8.50. The van der Waals surface area contributed by atoms with Gasteiger partial charge in [0.1, 0.15) is 23.0 Å². The summed E-state index contributed by atoms with van der Waals surface area (Å²) in [5.41, 5.74) is 4.28. The van der Waals surface area contributed by atoms with Gasteiger partial charge in [-0.25, -0.2) is 0 Å². The van der Waals surface area contributed by atoms with Crippen LogP contribution in [0, 0.1) is 0 Å². The fourth-order valence-electron chi connectivity index (χ4n) is 4.35. The van der Waals surface area contributed by atoms with Crippen molar-refractivity contribution in [3.63, 3.8) is 0 Å². The van der Waals surface area contributed by atoms with Crippen LogP contribution in [0.1, 0.15) is 105 Å². The molecule has 38 heavy (non-hydrogen) atoms. The SMILES string of the molecule is CC(C)(C)c1cc2c(c(C(C)(C)C)c1)O[B-]1(O2)Oc2cc(C(C)(C)C)cc(C(C)(C)C)c2O1.C[N+](C)(C)C. The lowest BCUT2D eigenvalue weighted by molar-refractivity contribution is -0.849. The Labute approximate surface area is 232 Å². The van der Waals surface area contributed by atoms with Crippen LogP contribution in [-0.2, 0) is 21.7 Å². The molecule has 1 spiro atoms. The van der Waals surface area contributed by atoms with E-state index in [-0.39, 0.29) is 21.7 Å². The molecule has 2 heterocycles. The molecule has 2 aromatic rings. The zero-order valence-corrected chi connectivity index (χ0v) is 27.0. The first kappa shape index (κ1) is 30.2. The molecule has 0 saturated carbocycles. The molecule has 0 aromatic heterocycles. The van der Waals surface area contributed by atoms with Gasteiger partial charge in [-0.2, -0.15) is 0 Å². The van der Waals surface area contributed by atoms with Crippen LogP contribution < -0.4 is 18.6 Å². The Morgan fingerprint density at radius 2 is 0.763 bits per heavy atom. The Bertz CT molecular complexity index is 1100. The molecule has 4 rings (SSSR count). The molecule has 0 saturated heterocycles. The highest BCUT2D eigenvalue weighted by atomic mass is 16.9. The van der Waals surface area contributed by atoms with E-state index < -0.39 is 6.96 Å². The molecule has 5 nitrogen and oxygen atoms in total. The number of fused-ring (bicyclic) bond motifs is 2. The molecule has 6 heteroatoms. The smallest absolute Gasteiger partial charge is 0.609 e. The molecule has 0 aliphatic carbocycles. The summed E-state index contributed by atoms with van der Waals surface area (Å²) in [6.45, 7) is 23.9. The quantitative estimate of drug-likeness (QED) is 0.259. The lowest BCUT2D eigenvalue weighted by Crippen LogP contribution is -2.54. The summed E-state index contributed by atoms with van der Waals surface area (Å²) < 4.78 is 26.7. The zero-order valence-electron chi connectivity index (χ0n) is 27.0. The third-order valence-corrected chi connectivity index (χ3v) is 6.52. The molecule has 212 valence electrons. The summed E-state index contributed by atoms with van der Waals surface area (Å²) >= 11 is 0. The van der Waals surface area contributed by atoms with Gasteiger partial charge in [0.2, 0.25) is 0 Å². The maximum atomic E-state index is 6.45. The molecule has 2 aliphatic rings. The van der Waals surface area contributed by atoms with Gasteiger partial charge in [-0.05, 0) is 56.0 Å². The van der Waals surface area contributed by atoms with Gasteiger partial charge in [0.25, 0.3) is 0 Å². The molecule has 0 radical (unpaired) electrons. The van der Waals surface area contributed by atoms with E-state index in [1.807, 2.05) is 0 Å². The van der Waals surface area contributed by atoms with Gasteiger partial charge in [0, 0.05) is 0 Å². The monoisotopic (exact) mass is 525 g/mol. The van der Waals surface area contributed by atoms with Crippen molar-refractivity contribution in [1.82, 2.24) is 0 Å². The van der Waals surface area contributed by atoms with Gasteiger partial charge in [-0.3, -0.25) is 0 Å². The first-order chi connectivity index (χ1) is 16.8. The zero-order chi connectivity index (χ0) is 29.3. The molecule has 0 unspecified atom stereocenters. The summed E-state index contributed by atoms with van der Waals surface area (Å²) in [5.74, 6) is 2.82. The maximum Gasteiger partial charge on any atom is 0.777 e. The van der Waals surface area contributed by atoms with Crippen LogP contribution in [0.15, 0.2) is 24.3 Å². The Morgan fingerprint density at radius 1 is 0.474 bits per heavy atom. The van der Waals surface area contributed by atoms with Crippen molar-refractivity contribution in [2.45, 2.75) is 105 Å². The molecule has 2 aromatic carbocycles. The minimum absolute atomic E-state index is 0.0253. The lowest BCUT2D eigenvalue weighted by atomic mass is 9.80. The molecular weight excluding hydrogens is 473 g/mol. The number of benzene rings is 2. The molecule has 0 fully saturated rings. The second kappa shape index (κ2) is 9.11. The summed E-state index contributed by atoms with van der Waals surface area (Å²) in [6.07, 6.45) is 0. The first-order valence-corrected chi connectivity index (χ1v) is 13.9. The average molecular weight is 526 g/mol. The minimum atomic E-state index is -2.46. The van der Waals surface area contributed by atoms with E-state index in [4.69, 9.17) is 18.6 Å². The van der Waals surface area contributed by atoms with Gasteiger partial charge < -0.3 is 23.1 Å². The van der Waals surface area contributed by atoms with Crippen LogP contribution in [0.5, 0.6) is 23.0 Å². The van der Waals surface area contributed by atoms with Gasteiger partial charge >= 0.3 is 6.96 Å². The number of hydrogen-bond acceptors (Lipinski definition) is 4. The van der Waals surface area contributed by atoms with Crippen molar-refractivity contribution >= 4 is 6.96 Å². The highest BCUT2D eigenvalue weighted by molar-refractivity contribution is 6.59. The second-order valence-corrected chi connectivity index (χ2v) is 16.4. The summed E-state index contributed by atoms with van der Waals surface area (Å²) in [4.78, 5) is 0. The molecule has 0 bridgehead atoms. The normalized spacial score (nSPS) is 16.4.